The number of carbonyl (C=O) groups excluding carboxylic acids is 1. The van der Waals surface area contributed by atoms with Crippen molar-refractivity contribution in [3.05, 3.63) is 94.5 Å². The molecule has 1 atom stereocenters. The molecule has 1 unspecified atom stereocenters. The SMILES string of the molecule is COc1cc(CN(CC(COC(=O)c2ccccc2)Cc2ccc(C)c(C)c2)C(N)=S)ccc1O. The molecule has 0 aliphatic rings. The molecule has 3 rings (SSSR count). The van der Waals surface area contributed by atoms with Crippen LogP contribution in [-0.4, -0.2) is 41.3 Å². The van der Waals surface area contributed by atoms with E-state index in [0.717, 1.165) is 11.1 Å². The number of benzene rings is 3. The average molecular weight is 493 g/mol. The molecule has 0 bridgehead atoms. The molecular formula is C28H32N2O4S. The minimum atomic E-state index is -0.360. The van der Waals surface area contributed by atoms with E-state index in [4.69, 9.17) is 27.4 Å². The highest BCUT2D eigenvalue weighted by Gasteiger charge is 2.20. The van der Waals surface area contributed by atoms with Gasteiger partial charge in [0, 0.05) is 19.0 Å². The molecule has 0 aromatic heterocycles. The largest absolute Gasteiger partial charge is 0.504 e. The van der Waals surface area contributed by atoms with Crippen LogP contribution >= 0.6 is 12.2 Å². The van der Waals surface area contributed by atoms with Crippen molar-refractivity contribution in [1.82, 2.24) is 4.90 Å². The predicted octanol–water partition coefficient (Wildman–Crippen LogP) is 4.78. The molecule has 0 amide bonds. The standard InChI is InChI=1S/C28H32N2O4S/c1-19-9-10-21(13-20(19)2)14-23(18-34-27(32)24-7-5-4-6-8-24)17-30(28(29)35)16-22-11-12-25(31)26(15-22)33-3/h4-13,15,23,31H,14,16-18H2,1-3H3,(H2,29,35). The van der Waals surface area contributed by atoms with Crippen molar-refractivity contribution < 1.29 is 19.4 Å². The first kappa shape index (κ1) is 26.0. The van der Waals surface area contributed by atoms with E-state index in [2.05, 4.69) is 32.0 Å². The topological polar surface area (TPSA) is 85.0 Å². The Morgan fingerprint density at radius 1 is 1.03 bits per heavy atom. The number of rotatable bonds is 10. The average Bonchev–Trinajstić information content (AvgIpc) is 2.85. The summed E-state index contributed by atoms with van der Waals surface area (Å²) in [4.78, 5) is 14.5. The van der Waals surface area contributed by atoms with Gasteiger partial charge in [-0.15, -0.1) is 0 Å². The summed E-state index contributed by atoms with van der Waals surface area (Å²) in [6, 6.07) is 20.5. The smallest absolute Gasteiger partial charge is 0.338 e. The lowest BCUT2D eigenvalue weighted by Crippen LogP contribution is -2.40. The Hall–Kier alpha value is -3.58. The summed E-state index contributed by atoms with van der Waals surface area (Å²) in [5.74, 6) is 0.0403. The lowest BCUT2D eigenvalue weighted by molar-refractivity contribution is 0.0422. The highest BCUT2D eigenvalue weighted by atomic mass is 32.1. The molecule has 0 aliphatic carbocycles. The normalized spacial score (nSPS) is 11.5. The van der Waals surface area contributed by atoms with E-state index in [9.17, 15) is 9.90 Å². The van der Waals surface area contributed by atoms with Crippen molar-refractivity contribution in [2.75, 3.05) is 20.3 Å². The number of aromatic hydroxyl groups is 1. The summed E-state index contributed by atoms with van der Waals surface area (Å²) in [6.45, 7) is 5.32. The maximum absolute atomic E-state index is 12.6. The Morgan fingerprint density at radius 3 is 2.40 bits per heavy atom. The zero-order chi connectivity index (χ0) is 25.4. The van der Waals surface area contributed by atoms with Crippen molar-refractivity contribution >= 4 is 23.3 Å². The van der Waals surface area contributed by atoms with Gasteiger partial charge < -0.3 is 25.2 Å². The molecule has 7 heteroatoms. The van der Waals surface area contributed by atoms with Crippen molar-refractivity contribution in [2.45, 2.75) is 26.8 Å². The van der Waals surface area contributed by atoms with Gasteiger partial charge in [-0.25, -0.2) is 4.79 Å². The van der Waals surface area contributed by atoms with Crippen LogP contribution < -0.4 is 10.5 Å². The fourth-order valence-corrected chi connectivity index (χ4v) is 4.02. The molecule has 0 saturated heterocycles. The molecule has 0 spiro atoms. The van der Waals surface area contributed by atoms with E-state index in [1.807, 2.05) is 23.1 Å². The second-order valence-corrected chi connectivity index (χ2v) is 9.10. The van der Waals surface area contributed by atoms with Gasteiger partial charge in [0.15, 0.2) is 16.6 Å². The van der Waals surface area contributed by atoms with Crippen LogP contribution in [0.4, 0.5) is 0 Å². The van der Waals surface area contributed by atoms with E-state index >= 15 is 0 Å². The van der Waals surface area contributed by atoms with Crippen LogP contribution in [0.2, 0.25) is 0 Å². The monoisotopic (exact) mass is 492 g/mol. The van der Waals surface area contributed by atoms with Crippen LogP contribution in [0.3, 0.4) is 0 Å². The van der Waals surface area contributed by atoms with E-state index in [-0.39, 0.29) is 29.4 Å². The third-order valence-corrected chi connectivity index (χ3v) is 6.22. The number of hydrogen-bond acceptors (Lipinski definition) is 5. The quantitative estimate of drug-likeness (QED) is 0.311. The van der Waals surface area contributed by atoms with Gasteiger partial charge in [0.2, 0.25) is 0 Å². The third kappa shape index (κ3) is 7.45. The van der Waals surface area contributed by atoms with Crippen LogP contribution in [0, 0.1) is 19.8 Å². The molecular weight excluding hydrogens is 460 g/mol. The van der Waals surface area contributed by atoms with Crippen LogP contribution in [0.5, 0.6) is 11.5 Å². The Bertz CT molecular complexity index is 1170. The fourth-order valence-electron chi connectivity index (χ4n) is 3.88. The lowest BCUT2D eigenvalue weighted by atomic mass is 9.96. The second-order valence-electron chi connectivity index (χ2n) is 8.68. The van der Waals surface area contributed by atoms with Gasteiger partial charge in [0.25, 0.3) is 0 Å². The number of carbonyl (C=O) groups is 1. The van der Waals surface area contributed by atoms with Crippen molar-refractivity contribution in [3.63, 3.8) is 0 Å². The highest BCUT2D eigenvalue weighted by molar-refractivity contribution is 7.80. The zero-order valence-corrected chi connectivity index (χ0v) is 21.2. The number of nitrogens with two attached hydrogens (primary N) is 1. The van der Waals surface area contributed by atoms with Crippen molar-refractivity contribution in [1.29, 1.82) is 0 Å². The number of aryl methyl sites for hydroxylation is 2. The van der Waals surface area contributed by atoms with E-state index in [1.165, 1.54) is 18.2 Å². The van der Waals surface area contributed by atoms with Gasteiger partial charge in [0.05, 0.1) is 19.3 Å². The molecule has 35 heavy (non-hydrogen) atoms. The zero-order valence-electron chi connectivity index (χ0n) is 20.4. The third-order valence-electron chi connectivity index (χ3n) is 5.96. The predicted molar refractivity (Wildman–Crippen MR) is 142 cm³/mol. The first-order chi connectivity index (χ1) is 16.8. The highest BCUT2D eigenvalue weighted by Crippen LogP contribution is 2.27. The number of phenols is 1. The van der Waals surface area contributed by atoms with Gasteiger partial charge in [-0.3, -0.25) is 0 Å². The number of esters is 1. The number of thiocarbonyl (C=S) groups is 1. The summed E-state index contributed by atoms with van der Waals surface area (Å²) in [7, 11) is 1.50. The first-order valence-corrected chi connectivity index (χ1v) is 11.9. The van der Waals surface area contributed by atoms with Gasteiger partial charge in [-0.2, -0.15) is 0 Å². The van der Waals surface area contributed by atoms with Gasteiger partial charge in [-0.1, -0.05) is 42.5 Å². The molecule has 0 saturated carbocycles. The molecule has 184 valence electrons. The van der Waals surface area contributed by atoms with E-state index in [0.29, 0.717) is 30.8 Å². The summed E-state index contributed by atoms with van der Waals surface area (Å²) in [5.41, 5.74) is 11.1. The van der Waals surface area contributed by atoms with Gasteiger partial charge in [0.1, 0.15) is 0 Å². The van der Waals surface area contributed by atoms with E-state index in [1.54, 1.807) is 30.3 Å². The fraction of sp³-hybridized carbons (Fsp3) is 0.286. The van der Waals surface area contributed by atoms with Gasteiger partial charge >= 0.3 is 5.97 Å². The molecule has 0 radical (unpaired) electrons. The van der Waals surface area contributed by atoms with Crippen molar-refractivity contribution in [2.24, 2.45) is 11.7 Å². The minimum absolute atomic E-state index is 0.0507. The summed E-state index contributed by atoms with van der Waals surface area (Å²) in [5, 5.41) is 10.2. The Balaban J connectivity index is 1.78. The molecule has 3 aromatic carbocycles. The Kier molecular flexibility index (Phi) is 9.09. The lowest BCUT2D eigenvalue weighted by Gasteiger charge is -2.28. The maximum Gasteiger partial charge on any atom is 0.338 e. The van der Waals surface area contributed by atoms with Crippen LogP contribution in [0.25, 0.3) is 0 Å². The summed E-state index contributed by atoms with van der Waals surface area (Å²) >= 11 is 5.35. The Morgan fingerprint density at radius 2 is 1.74 bits per heavy atom. The number of nitrogens with zero attached hydrogens (tertiary/aromatic N) is 1. The van der Waals surface area contributed by atoms with E-state index < -0.39 is 0 Å². The first-order valence-electron chi connectivity index (χ1n) is 11.5. The molecule has 0 heterocycles. The number of methoxy groups -OCH3 is 1. The van der Waals surface area contributed by atoms with Crippen LogP contribution in [0.15, 0.2) is 66.7 Å². The maximum atomic E-state index is 12.6. The summed E-state index contributed by atoms with van der Waals surface area (Å²) < 4.78 is 10.9. The summed E-state index contributed by atoms with van der Waals surface area (Å²) in [6.07, 6.45) is 0.696. The molecule has 3 aromatic rings. The van der Waals surface area contributed by atoms with Crippen molar-refractivity contribution in [3.8, 4) is 11.5 Å². The number of hydrogen-bond donors (Lipinski definition) is 2. The molecule has 0 fully saturated rings. The van der Waals surface area contributed by atoms with Crippen LogP contribution in [-0.2, 0) is 17.7 Å². The molecule has 6 nitrogen and oxygen atoms in total. The minimum Gasteiger partial charge on any atom is -0.504 e. The molecule has 3 N–H and O–H groups in total. The van der Waals surface area contributed by atoms with Crippen LogP contribution in [0.1, 0.15) is 32.6 Å². The number of ether oxygens (including phenoxy) is 2. The second kappa shape index (κ2) is 12.2. The number of phenolic OH excluding ortho intramolecular Hbond substituents is 1. The van der Waals surface area contributed by atoms with Gasteiger partial charge in [-0.05, 0) is 79.0 Å². The molecule has 0 aliphatic heterocycles. The Labute approximate surface area is 212 Å².